The molecule has 0 heterocycles. The first-order chi connectivity index (χ1) is 29.8. The number of aliphatic hydroxyl groups excluding tert-OH is 2. The summed E-state index contributed by atoms with van der Waals surface area (Å²) in [5, 5.41) is 19.7. The summed E-state index contributed by atoms with van der Waals surface area (Å²) in [7, 11) is -9.73. The maximum Gasteiger partial charge on any atom is 0.472 e. The van der Waals surface area contributed by atoms with Gasteiger partial charge in [-0.3, -0.25) is 23.2 Å². The van der Waals surface area contributed by atoms with Crippen molar-refractivity contribution < 1.29 is 66.7 Å². The van der Waals surface area contributed by atoms with Gasteiger partial charge in [0.25, 0.3) is 0 Å². The Labute approximate surface area is 371 Å². The third-order valence-electron chi connectivity index (χ3n) is 8.85. The SMILES string of the molecule is CCCCC/C=C\C/C=C\C/C=C\CCCCCCC(=O)OC[C@H](COP(=O)(O)OC[C@@H](O)COP(=O)(O)O)OC(=O)CCC/C=C\C/C=C\C/C=C\C=C\[C@@H](O)CCCCC. The molecule has 0 rings (SSSR count). The molecule has 14 nitrogen and oxygen atoms in total. The minimum Gasteiger partial charge on any atom is -0.462 e. The van der Waals surface area contributed by atoms with E-state index in [0.717, 1.165) is 83.5 Å². The Morgan fingerprint density at radius 3 is 1.65 bits per heavy atom. The third-order valence-corrected chi connectivity index (χ3v) is 10.3. The Balaban J connectivity index is 4.70. The molecule has 0 spiro atoms. The molecular formula is C46H78O14P2. The Morgan fingerprint density at radius 2 is 1.03 bits per heavy atom. The Bertz CT molecular complexity index is 1430. The quantitative estimate of drug-likeness (QED) is 0.0127. The van der Waals surface area contributed by atoms with Crippen LogP contribution < -0.4 is 0 Å². The molecule has 0 saturated heterocycles. The minimum atomic E-state index is -4.88. The Hall–Kier alpha value is -2.74. The zero-order chi connectivity index (χ0) is 46.0. The molecule has 0 aliphatic carbocycles. The van der Waals surface area contributed by atoms with Crippen LogP contribution in [0.4, 0.5) is 0 Å². The predicted molar refractivity (Wildman–Crippen MR) is 245 cm³/mol. The zero-order valence-corrected chi connectivity index (χ0v) is 39.1. The first-order valence-electron chi connectivity index (χ1n) is 22.4. The molecular weight excluding hydrogens is 838 g/mol. The number of phosphoric ester groups is 2. The number of ether oxygens (including phenoxy) is 2. The number of phosphoric acid groups is 2. The molecule has 356 valence electrons. The molecule has 0 amide bonds. The zero-order valence-electron chi connectivity index (χ0n) is 37.3. The van der Waals surface area contributed by atoms with Crippen molar-refractivity contribution in [3.05, 3.63) is 85.1 Å². The fourth-order valence-corrected chi connectivity index (χ4v) is 6.55. The molecule has 16 heteroatoms. The molecule has 0 radical (unpaired) electrons. The van der Waals surface area contributed by atoms with Crippen molar-refractivity contribution >= 4 is 27.6 Å². The summed E-state index contributed by atoms with van der Waals surface area (Å²) in [4.78, 5) is 52.7. The molecule has 0 fully saturated rings. The first-order valence-corrected chi connectivity index (χ1v) is 25.4. The molecule has 0 aliphatic heterocycles. The highest BCUT2D eigenvalue weighted by molar-refractivity contribution is 7.47. The lowest BCUT2D eigenvalue weighted by molar-refractivity contribution is -0.161. The van der Waals surface area contributed by atoms with Gasteiger partial charge in [0.15, 0.2) is 6.10 Å². The first kappa shape index (κ1) is 59.3. The average Bonchev–Trinajstić information content (AvgIpc) is 3.23. The maximum absolute atomic E-state index is 12.7. The summed E-state index contributed by atoms with van der Waals surface area (Å²) in [6.45, 7) is 1.49. The molecule has 5 N–H and O–H groups in total. The number of esters is 2. The van der Waals surface area contributed by atoms with Crippen molar-refractivity contribution in [1.29, 1.82) is 0 Å². The van der Waals surface area contributed by atoms with Crippen LogP contribution in [0.1, 0.15) is 149 Å². The van der Waals surface area contributed by atoms with Crippen molar-refractivity contribution in [2.45, 2.75) is 167 Å². The van der Waals surface area contributed by atoms with Crippen molar-refractivity contribution in [2.24, 2.45) is 0 Å². The van der Waals surface area contributed by atoms with E-state index in [1.165, 1.54) is 19.3 Å². The molecule has 0 aromatic carbocycles. The monoisotopic (exact) mass is 916 g/mol. The number of carbonyl (C=O) groups is 2. The maximum atomic E-state index is 12.7. The van der Waals surface area contributed by atoms with Crippen molar-refractivity contribution in [3.8, 4) is 0 Å². The highest BCUT2D eigenvalue weighted by atomic mass is 31.2. The fourth-order valence-electron chi connectivity index (χ4n) is 5.40. The van der Waals surface area contributed by atoms with Gasteiger partial charge in [-0.25, -0.2) is 9.13 Å². The second-order valence-corrected chi connectivity index (χ2v) is 17.5. The second-order valence-electron chi connectivity index (χ2n) is 14.8. The molecule has 0 saturated carbocycles. The molecule has 1 unspecified atom stereocenters. The summed E-state index contributed by atoms with van der Waals surface area (Å²) in [6.07, 6.45) is 43.3. The van der Waals surface area contributed by atoms with Crippen LogP contribution in [0.5, 0.6) is 0 Å². The van der Waals surface area contributed by atoms with Gasteiger partial charge < -0.3 is 34.4 Å². The van der Waals surface area contributed by atoms with E-state index in [1.807, 2.05) is 42.5 Å². The van der Waals surface area contributed by atoms with Gasteiger partial charge in [0, 0.05) is 12.8 Å². The van der Waals surface area contributed by atoms with Gasteiger partial charge in [0.05, 0.1) is 25.9 Å². The molecule has 0 aromatic heterocycles. The lowest BCUT2D eigenvalue weighted by Gasteiger charge is -2.20. The number of hydrogen-bond acceptors (Lipinski definition) is 11. The van der Waals surface area contributed by atoms with Crippen molar-refractivity contribution in [1.82, 2.24) is 0 Å². The van der Waals surface area contributed by atoms with Gasteiger partial charge in [0.1, 0.15) is 12.7 Å². The normalized spacial score (nSPS) is 15.3. The van der Waals surface area contributed by atoms with E-state index < -0.39 is 72.3 Å². The van der Waals surface area contributed by atoms with Crippen LogP contribution in [0.15, 0.2) is 85.1 Å². The van der Waals surface area contributed by atoms with E-state index >= 15 is 0 Å². The lowest BCUT2D eigenvalue weighted by Crippen LogP contribution is -2.29. The second kappa shape index (κ2) is 41.0. The summed E-state index contributed by atoms with van der Waals surface area (Å²) < 4.78 is 47.7. The molecule has 4 atom stereocenters. The summed E-state index contributed by atoms with van der Waals surface area (Å²) in [5.41, 5.74) is 0. The average molecular weight is 917 g/mol. The van der Waals surface area contributed by atoms with Gasteiger partial charge in [-0.2, -0.15) is 0 Å². The minimum absolute atomic E-state index is 0.0258. The Morgan fingerprint density at radius 1 is 0.532 bits per heavy atom. The van der Waals surface area contributed by atoms with E-state index in [-0.39, 0.29) is 12.8 Å². The number of allylic oxidation sites excluding steroid dienone is 13. The number of unbranched alkanes of at least 4 members (excludes halogenated alkanes) is 10. The highest BCUT2D eigenvalue weighted by Crippen LogP contribution is 2.43. The number of aliphatic hydroxyl groups is 2. The van der Waals surface area contributed by atoms with E-state index in [4.69, 9.17) is 23.8 Å². The summed E-state index contributed by atoms with van der Waals surface area (Å²) in [5.74, 6) is -1.16. The Kier molecular flexibility index (Phi) is 39.2. The number of rotatable bonds is 41. The van der Waals surface area contributed by atoms with Crippen molar-refractivity contribution in [3.63, 3.8) is 0 Å². The molecule has 0 bridgehead atoms. The summed E-state index contributed by atoms with van der Waals surface area (Å²) in [6, 6.07) is 0. The smallest absolute Gasteiger partial charge is 0.462 e. The van der Waals surface area contributed by atoms with Crippen LogP contribution in [-0.2, 0) is 41.8 Å². The van der Waals surface area contributed by atoms with Crippen LogP contribution in [-0.4, -0.2) is 81.6 Å². The van der Waals surface area contributed by atoms with Crippen LogP contribution in [0.3, 0.4) is 0 Å². The predicted octanol–water partition coefficient (Wildman–Crippen LogP) is 10.5. The van der Waals surface area contributed by atoms with Crippen LogP contribution in [0.25, 0.3) is 0 Å². The van der Waals surface area contributed by atoms with E-state index in [0.29, 0.717) is 19.3 Å². The number of hydrogen-bond donors (Lipinski definition) is 5. The number of carbonyl (C=O) groups excluding carboxylic acids is 2. The molecule has 0 aliphatic rings. The van der Waals surface area contributed by atoms with E-state index in [9.17, 15) is 33.8 Å². The lowest BCUT2D eigenvalue weighted by atomic mass is 10.1. The van der Waals surface area contributed by atoms with E-state index in [1.54, 1.807) is 6.08 Å². The highest BCUT2D eigenvalue weighted by Gasteiger charge is 2.28. The summed E-state index contributed by atoms with van der Waals surface area (Å²) >= 11 is 0. The standard InChI is InChI=1S/C46H78O14P2/c1-3-5-7-8-9-10-11-12-13-14-15-16-19-22-25-28-32-36-45(49)56-40-44(41-59-62(54,55)58-39-43(48)38-57-61(51,52)53)60-46(50)37-33-29-26-23-20-17-18-21-24-27-31-35-42(47)34-30-6-4-2/h9-10,12-13,15-18,23-24,26-27,31,35,42-44,47-48H,3-8,11,14,19-22,25,28-30,32-34,36-41H2,1-2H3,(H,54,55)(H2,51,52,53)/b10-9-,13-12-,16-15-,18-17-,26-23-,27-24-,35-31+/t42-,43-,44+/m0/s1. The van der Waals surface area contributed by atoms with Gasteiger partial charge in [-0.05, 0) is 77.0 Å². The molecule has 0 aromatic rings. The van der Waals surface area contributed by atoms with Gasteiger partial charge >= 0.3 is 27.6 Å². The van der Waals surface area contributed by atoms with Crippen molar-refractivity contribution in [2.75, 3.05) is 26.4 Å². The van der Waals surface area contributed by atoms with Gasteiger partial charge in [-0.1, -0.05) is 144 Å². The van der Waals surface area contributed by atoms with Crippen LogP contribution in [0, 0.1) is 0 Å². The largest absolute Gasteiger partial charge is 0.472 e. The molecule has 62 heavy (non-hydrogen) atoms. The van der Waals surface area contributed by atoms with E-state index in [2.05, 4.69) is 59.4 Å². The van der Waals surface area contributed by atoms with Crippen LogP contribution >= 0.6 is 15.6 Å². The topological polar surface area (TPSA) is 216 Å². The third kappa shape index (κ3) is 43.9. The van der Waals surface area contributed by atoms with Gasteiger partial charge in [0.2, 0.25) is 0 Å². The van der Waals surface area contributed by atoms with Gasteiger partial charge in [-0.15, -0.1) is 0 Å². The fraction of sp³-hybridized carbons (Fsp3) is 0.652. The van der Waals surface area contributed by atoms with Crippen LogP contribution in [0.2, 0.25) is 0 Å².